The van der Waals surface area contributed by atoms with E-state index >= 15 is 0 Å². The predicted octanol–water partition coefficient (Wildman–Crippen LogP) is 12.3. The van der Waals surface area contributed by atoms with Crippen LogP contribution in [0.4, 0.5) is 0 Å². The summed E-state index contributed by atoms with van der Waals surface area (Å²) in [5, 5.41) is 10.9. The van der Waals surface area contributed by atoms with Crippen molar-refractivity contribution in [2.24, 2.45) is 0 Å². The zero-order valence-corrected chi connectivity index (χ0v) is 25.8. The van der Waals surface area contributed by atoms with Crippen molar-refractivity contribution in [1.82, 2.24) is 0 Å². The lowest BCUT2D eigenvalue weighted by atomic mass is 9.85. The highest BCUT2D eigenvalue weighted by molar-refractivity contribution is 6.17. The molecular formula is C45H34. The van der Waals surface area contributed by atoms with Gasteiger partial charge >= 0.3 is 0 Å². The molecule has 0 bridgehead atoms. The summed E-state index contributed by atoms with van der Waals surface area (Å²) in [4.78, 5) is 0. The second-order valence-corrected chi connectivity index (χ2v) is 12.5. The molecule has 1 aliphatic rings. The maximum Gasteiger partial charge on any atom is -0.000706 e. The van der Waals surface area contributed by atoms with Gasteiger partial charge in [-0.2, -0.15) is 0 Å². The summed E-state index contributed by atoms with van der Waals surface area (Å²) in [5.74, 6) is 0. The van der Waals surface area contributed by atoms with Gasteiger partial charge in [0.25, 0.3) is 0 Å². The lowest BCUT2D eigenvalue weighted by molar-refractivity contribution is 1.18. The van der Waals surface area contributed by atoms with Gasteiger partial charge in [0, 0.05) is 0 Å². The first-order valence-corrected chi connectivity index (χ1v) is 16.4. The van der Waals surface area contributed by atoms with Gasteiger partial charge in [0.1, 0.15) is 0 Å². The molecule has 8 aromatic carbocycles. The van der Waals surface area contributed by atoms with Crippen molar-refractivity contribution in [3.63, 3.8) is 0 Å². The van der Waals surface area contributed by atoms with Crippen LogP contribution in [0, 0.1) is 0 Å². The van der Waals surface area contributed by atoms with E-state index in [-0.39, 0.29) is 0 Å². The molecule has 0 aromatic heterocycles. The molecule has 214 valence electrons. The average molecular weight is 575 g/mol. The summed E-state index contributed by atoms with van der Waals surface area (Å²) in [6, 6.07) is 50.2. The van der Waals surface area contributed by atoms with Gasteiger partial charge in [0.15, 0.2) is 0 Å². The number of benzene rings is 8. The first kappa shape index (κ1) is 26.2. The van der Waals surface area contributed by atoms with E-state index in [0.717, 1.165) is 19.3 Å². The molecule has 0 aliphatic heterocycles. The van der Waals surface area contributed by atoms with Crippen molar-refractivity contribution in [1.29, 1.82) is 0 Å². The van der Waals surface area contributed by atoms with E-state index in [1.54, 1.807) is 0 Å². The Hall–Kier alpha value is -5.20. The van der Waals surface area contributed by atoms with Gasteiger partial charge in [0.2, 0.25) is 0 Å². The van der Waals surface area contributed by atoms with Crippen molar-refractivity contribution < 1.29 is 0 Å². The number of hydrogen-bond acceptors (Lipinski definition) is 0. The molecule has 8 aromatic rings. The van der Waals surface area contributed by atoms with E-state index in [0.29, 0.717) is 0 Å². The van der Waals surface area contributed by atoms with Gasteiger partial charge < -0.3 is 0 Å². The summed E-state index contributed by atoms with van der Waals surface area (Å²) in [6.45, 7) is 4.56. The monoisotopic (exact) mass is 574 g/mol. The van der Waals surface area contributed by atoms with Crippen LogP contribution < -0.4 is 0 Å². The summed E-state index contributed by atoms with van der Waals surface area (Å²) in [7, 11) is 0. The third-order valence-corrected chi connectivity index (χ3v) is 10.3. The SMILES string of the molecule is CCc1c2ccccc2c(-c2ccc3c(c2)Cc2c-3cccc2-c2c3ccccc3c(CC)c3ccccc23)c2ccccc12. The number of fused-ring (bicyclic) bond motifs is 7. The van der Waals surface area contributed by atoms with Gasteiger partial charge in [-0.25, -0.2) is 0 Å². The fourth-order valence-corrected chi connectivity index (χ4v) is 8.41. The van der Waals surface area contributed by atoms with Gasteiger partial charge in [0.05, 0.1) is 0 Å². The normalized spacial score (nSPS) is 12.3. The smallest absolute Gasteiger partial charge is 0.000706 e. The molecule has 9 rings (SSSR count). The van der Waals surface area contributed by atoms with Crippen LogP contribution in [0.5, 0.6) is 0 Å². The van der Waals surface area contributed by atoms with E-state index in [2.05, 4.69) is 147 Å². The van der Waals surface area contributed by atoms with Crippen molar-refractivity contribution >= 4 is 43.1 Å². The maximum absolute atomic E-state index is 2.48. The Morgan fingerprint density at radius 2 is 0.844 bits per heavy atom. The predicted molar refractivity (Wildman–Crippen MR) is 194 cm³/mol. The fourth-order valence-electron chi connectivity index (χ4n) is 8.41. The van der Waals surface area contributed by atoms with Crippen LogP contribution in [0.15, 0.2) is 133 Å². The van der Waals surface area contributed by atoms with Gasteiger partial charge in [-0.3, -0.25) is 0 Å². The van der Waals surface area contributed by atoms with E-state index in [4.69, 9.17) is 0 Å². The minimum atomic E-state index is 0.940. The van der Waals surface area contributed by atoms with Crippen molar-refractivity contribution in [3.05, 3.63) is 156 Å². The van der Waals surface area contributed by atoms with Gasteiger partial charge in [-0.15, -0.1) is 0 Å². The molecule has 0 radical (unpaired) electrons. The molecule has 0 amide bonds. The van der Waals surface area contributed by atoms with Gasteiger partial charge in [-0.1, -0.05) is 147 Å². The molecule has 1 aliphatic carbocycles. The molecule has 0 saturated carbocycles. The zero-order chi connectivity index (χ0) is 30.1. The highest BCUT2D eigenvalue weighted by Crippen LogP contribution is 2.48. The van der Waals surface area contributed by atoms with E-state index < -0.39 is 0 Å². The minimum Gasteiger partial charge on any atom is -0.0616 e. The third-order valence-electron chi connectivity index (χ3n) is 10.3. The molecule has 0 spiro atoms. The van der Waals surface area contributed by atoms with Crippen LogP contribution in [0.25, 0.3) is 76.5 Å². The minimum absolute atomic E-state index is 0.940. The summed E-state index contributed by atoms with van der Waals surface area (Å²) >= 11 is 0. The Morgan fingerprint density at radius 1 is 0.400 bits per heavy atom. The Balaban J connectivity index is 1.27. The van der Waals surface area contributed by atoms with Crippen molar-refractivity contribution in [2.45, 2.75) is 33.1 Å². The second kappa shape index (κ2) is 10.2. The Kier molecular flexibility index (Phi) is 5.93. The summed E-state index contributed by atoms with van der Waals surface area (Å²) in [5.41, 5.74) is 13.9. The van der Waals surface area contributed by atoms with Crippen LogP contribution in [0.1, 0.15) is 36.1 Å². The molecule has 45 heavy (non-hydrogen) atoms. The van der Waals surface area contributed by atoms with E-state index in [1.165, 1.54) is 98.7 Å². The highest BCUT2D eigenvalue weighted by atomic mass is 14.3. The summed E-state index contributed by atoms with van der Waals surface area (Å²) < 4.78 is 0. The van der Waals surface area contributed by atoms with Crippen LogP contribution in [-0.2, 0) is 19.3 Å². The van der Waals surface area contributed by atoms with Crippen LogP contribution in [0.2, 0.25) is 0 Å². The molecule has 0 heterocycles. The number of rotatable bonds is 4. The van der Waals surface area contributed by atoms with Crippen LogP contribution >= 0.6 is 0 Å². The molecular weight excluding hydrogens is 540 g/mol. The lowest BCUT2D eigenvalue weighted by Gasteiger charge is -2.18. The van der Waals surface area contributed by atoms with Crippen LogP contribution in [0.3, 0.4) is 0 Å². The van der Waals surface area contributed by atoms with Gasteiger partial charge in [-0.05, 0) is 118 Å². The maximum atomic E-state index is 2.48. The first-order valence-electron chi connectivity index (χ1n) is 16.4. The fraction of sp³-hybridized carbons (Fsp3) is 0.111. The highest BCUT2D eigenvalue weighted by Gasteiger charge is 2.25. The summed E-state index contributed by atoms with van der Waals surface area (Å²) in [6.07, 6.45) is 2.98. The molecule has 0 atom stereocenters. The number of hydrogen-bond donors (Lipinski definition) is 0. The first-order chi connectivity index (χ1) is 22.3. The molecule has 0 N–H and O–H groups in total. The lowest BCUT2D eigenvalue weighted by Crippen LogP contribution is -1.95. The molecule has 0 fully saturated rings. The average Bonchev–Trinajstić information content (AvgIpc) is 3.47. The van der Waals surface area contributed by atoms with Crippen molar-refractivity contribution in [3.8, 4) is 33.4 Å². The van der Waals surface area contributed by atoms with Crippen LogP contribution in [-0.4, -0.2) is 0 Å². The molecule has 0 nitrogen and oxygen atoms in total. The largest absolute Gasteiger partial charge is 0.0616 e. The Bertz CT molecular complexity index is 2360. The molecule has 0 saturated heterocycles. The quantitative estimate of drug-likeness (QED) is 0.183. The Labute approximate surface area is 264 Å². The standard InChI is InChI=1S/C45H34/c1-3-30-33-14-5-9-18-38(33)44(39-19-10-6-15-34(30)39)28-24-25-32-29(26-28)27-43-37(32)22-13-23-42(43)45-40-20-11-7-16-35(40)31(4-2)36-17-8-12-21-41(36)45/h5-26H,3-4,27H2,1-2H3. The zero-order valence-electron chi connectivity index (χ0n) is 25.8. The third kappa shape index (κ3) is 3.79. The van der Waals surface area contributed by atoms with Crippen molar-refractivity contribution in [2.75, 3.05) is 0 Å². The topological polar surface area (TPSA) is 0 Å². The molecule has 0 heteroatoms. The van der Waals surface area contributed by atoms with E-state index in [1.807, 2.05) is 0 Å². The van der Waals surface area contributed by atoms with E-state index in [9.17, 15) is 0 Å². The Morgan fingerprint density at radius 3 is 1.33 bits per heavy atom. The second-order valence-electron chi connectivity index (χ2n) is 12.5. The molecule has 0 unspecified atom stereocenters. The number of aryl methyl sites for hydroxylation is 2.